The molecule has 0 unspecified atom stereocenters. The van der Waals surface area contributed by atoms with E-state index in [0.29, 0.717) is 18.1 Å². The topological polar surface area (TPSA) is 69.2 Å². The van der Waals surface area contributed by atoms with Crippen molar-refractivity contribution in [2.24, 2.45) is 0 Å². The molecule has 134 valence electrons. The summed E-state index contributed by atoms with van der Waals surface area (Å²) in [5.74, 6) is 1.22. The molecule has 3 aromatic rings. The highest BCUT2D eigenvalue weighted by molar-refractivity contribution is 7.13. The minimum Gasteiger partial charge on any atom is -0.508 e. The average molecular weight is 367 g/mol. The molecule has 1 aliphatic rings. The molecule has 0 spiro atoms. The van der Waals surface area contributed by atoms with Crippen molar-refractivity contribution in [1.82, 2.24) is 14.9 Å². The number of nitrogens with zero attached hydrogens (tertiary/aromatic N) is 2. The van der Waals surface area contributed by atoms with Gasteiger partial charge in [0.25, 0.3) is 5.56 Å². The van der Waals surface area contributed by atoms with Gasteiger partial charge in [0.15, 0.2) is 0 Å². The molecule has 2 aromatic heterocycles. The molecule has 6 heteroatoms. The molecular formula is C20H21N3O2S. The van der Waals surface area contributed by atoms with Crippen LogP contribution in [0.3, 0.4) is 0 Å². The van der Waals surface area contributed by atoms with Crippen molar-refractivity contribution >= 4 is 11.3 Å². The summed E-state index contributed by atoms with van der Waals surface area (Å²) in [4.78, 5) is 23.0. The number of H-pyrrole nitrogens is 1. The van der Waals surface area contributed by atoms with E-state index in [1.807, 2.05) is 35.7 Å². The molecule has 0 amide bonds. The molecule has 0 aliphatic carbocycles. The zero-order valence-corrected chi connectivity index (χ0v) is 15.2. The lowest BCUT2D eigenvalue weighted by molar-refractivity contribution is 0.196. The van der Waals surface area contributed by atoms with E-state index >= 15 is 0 Å². The van der Waals surface area contributed by atoms with E-state index in [0.717, 1.165) is 42.1 Å². The molecule has 0 bridgehead atoms. The second-order valence-corrected chi connectivity index (χ2v) is 7.65. The van der Waals surface area contributed by atoms with Crippen LogP contribution in [0.25, 0.3) is 10.7 Å². The Morgan fingerprint density at radius 2 is 2.15 bits per heavy atom. The van der Waals surface area contributed by atoms with Gasteiger partial charge in [-0.25, -0.2) is 4.98 Å². The summed E-state index contributed by atoms with van der Waals surface area (Å²) in [6, 6.07) is 13.0. The van der Waals surface area contributed by atoms with Crippen LogP contribution in [0.15, 0.2) is 52.6 Å². The fourth-order valence-electron chi connectivity index (χ4n) is 3.54. The van der Waals surface area contributed by atoms with E-state index in [1.54, 1.807) is 23.5 Å². The number of hydrogen-bond donors (Lipinski definition) is 2. The maximum absolute atomic E-state index is 12.1. The first kappa shape index (κ1) is 17.0. The Labute approximate surface area is 156 Å². The standard InChI is InChI=1S/C20H21N3O2S/c24-17-7-2-1-5-15(17)13-23-9-3-6-14(12-23)16-11-19(25)22-20(21-16)18-8-4-10-26-18/h1-2,4-5,7-8,10-11,14,24H,3,6,9,12-13H2,(H,21,22,25)/t14-/m1/s1. The lowest BCUT2D eigenvalue weighted by atomic mass is 9.94. The summed E-state index contributed by atoms with van der Waals surface area (Å²) in [6.45, 7) is 2.55. The number of aromatic hydroxyl groups is 1. The van der Waals surface area contributed by atoms with E-state index in [4.69, 9.17) is 4.98 Å². The van der Waals surface area contributed by atoms with Gasteiger partial charge in [0.2, 0.25) is 0 Å². The molecule has 3 heterocycles. The monoisotopic (exact) mass is 367 g/mol. The maximum Gasteiger partial charge on any atom is 0.251 e. The van der Waals surface area contributed by atoms with Crippen LogP contribution < -0.4 is 5.56 Å². The number of hydrogen-bond acceptors (Lipinski definition) is 5. The number of thiophene rings is 1. The minimum atomic E-state index is -0.101. The van der Waals surface area contributed by atoms with Crippen molar-refractivity contribution in [2.75, 3.05) is 13.1 Å². The van der Waals surface area contributed by atoms with Gasteiger partial charge >= 0.3 is 0 Å². The summed E-state index contributed by atoms with van der Waals surface area (Å²) < 4.78 is 0. The fourth-order valence-corrected chi connectivity index (χ4v) is 4.21. The zero-order chi connectivity index (χ0) is 17.9. The SMILES string of the molecule is O=c1cc([C@@H]2CCCN(Cc3ccccc3O)C2)nc(-c2cccs2)[nH]1. The highest BCUT2D eigenvalue weighted by Gasteiger charge is 2.24. The lowest BCUT2D eigenvalue weighted by Crippen LogP contribution is -2.34. The van der Waals surface area contributed by atoms with E-state index < -0.39 is 0 Å². The van der Waals surface area contributed by atoms with Gasteiger partial charge in [0, 0.05) is 30.6 Å². The number of aromatic amines is 1. The van der Waals surface area contributed by atoms with Crippen LogP contribution >= 0.6 is 11.3 Å². The predicted molar refractivity (Wildman–Crippen MR) is 104 cm³/mol. The quantitative estimate of drug-likeness (QED) is 0.739. The van der Waals surface area contributed by atoms with Crippen molar-refractivity contribution < 1.29 is 5.11 Å². The van der Waals surface area contributed by atoms with Crippen molar-refractivity contribution in [3.05, 3.63) is 69.5 Å². The molecule has 5 nitrogen and oxygen atoms in total. The van der Waals surface area contributed by atoms with Gasteiger partial charge in [-0.15, -0.1) is 11.3 Å². The van der Waals surface area contributed by atoms with Crippen LogP contribution in [0.5, 0.6) is 5.75 Å². The highest BCUT2D eigenvalue weighted by Crippen LogP contribution is 2.29. The lowest BCUT2D eigenvalue weighted by Gasteiger charge is -2.32. The van der Waals surface area contributed by atoms with Gasteiger partial charge in [-0.2, -0.15) is 0 Å². The molecule has 26 heavy (non-hydrogen) atoms. The second-order valence-electron chi connectivity index (χ2n) is 6.70. The highest BCUT2D eigenvalue weighted by atomic mass is 32.1. The van der Waals surface area contributed by atoms with E-state index in [2.05, 4.69) is 9.88 Å². The fraction of sp³-hybridized carbons (Fsp3) is 0.300. The number of likely N-dealkylation sites (tertiary alicyclic amines) is 1. The van der Waals surface area contributed by atoms with Crippen LogP contribution in [0.1, 0.15) is 30.0 Å². The molecule has 0 saturated carbocycles. The first-order valence-corrected chi connectivity index (χ1v) is 9.71. The Bertz CT molecular complexity index is 936. The largest absolute Gasteiger partial charge is 0.508 e. The first-order chi connectivity index (χ1) is 12.7. The van der Waals surface area contributed by atoms with Gasteiger partial charge in [0.05, 0.1) is 10.6 Å². The molecule has 0 radical (unpaired) electrons. The van der Waals surface area contributed by atoms with Gasteiger partial charge < -0.3 is 10.1 Å². The zero-order valence-electron chi connectivity index (χ0n) is 14.4. The van der Waals surface area contributed by atoms with Crippen LogP contribution in [0, 0.1) is 0 Å². The summed E-state index contributed by atoms with van der Waals surface area (Å²) in [5, 5.41) is 12.0. The van der Waals surface area contributed by atoms with Crippen LogP contribution in [0.2, 0.25) is 0 Å². The van der Waals surface area contributed by atoms with Crippen LogP contribution in [0.4, 0.5) is 0 Å². The van der Waals surface area contributed by atoms with Gasteiger partial charge in [-0.05, 0) is 36.9 Å². The molecular weight excluding hydrogens is 346 g/mol. The minimum absolute atomic E-state index is 0.101. The van der Waals surface area contributed by atoms with E-state index in [1.165, 1.54) is 0 Å². The molecule has 1 aliphatic heterocycles. The number of phenols is 1. The Morgan fingerprint density at radius 3 is 2.96 bits per heavy atom. The van der Waals surface area contributed by atoms with Gasteiger partial charge in [-0.1, -0.05) is 24.3 Å². The third-order valence-corrected chi connectivity index (χ3v) is 5.70. The third-order valence-electron chi connectivity index (χ3n) is 4.83. The molecule has 2 N–H and O–H groups in total. The summed E-state index contributed by atoms with van der Waals surface area (Å²) in [6.07, 6.45) is 2.08. The Balaban J connectivity index is 1.55. The number of para-hydroxylation sites is 1. The number of aromatic nitrogens is 2. The van der Waals surface area contributed by atoms with Gasteiger partial charge in [-0.3, -0.25) is 9.69 Å². The van der Waals surface area contributed by atoms with Crippen LogP contribution in [-0.2, 0) is 6.54 Å². The number of benzene rings is 1. The Kier molecular flexibility index (Phi) is 4.86. The van der Waals surface area contributed by atoms with E-state index in [9.17, 15) is 9.90 Å². The summed E-state index contributed by atoms with van der Waals surface area (Å²) in [7, 11) is 0. The number of phenolic OH excluding ortho intramolecular Hbond substituents is 1. The maximum atomic E-state index is 12.1. The van der Waals surface area contributed by atoms with Crippen molar-refractivity contribution in [2.45, 2.75) is 25.3 Å². The molecule has 1 fully saturated rings. The smallest absolute Gasteiger partial charge is 0.251 e. The average Bonchev–Trinajstić information content (AvgIpc) is 3.18. The molecule has 1 atom stereocenters. The van der Waals surface area contributed by atoms with E-state index in [-0.39, 0.29) is 11.5 Å². The Hall–Kier alpha value is -2.44. The predicted octanol–water partition coefficient (Wildman–Crippen LogP) is 3.58. The normalized spacial score (nSPS) is 18.1. The number of rotatable bonds is 4. The molecule has 4 rings (SSSR count). The molecule has 1 aromatic carbocycles. The first-order valence-electron chi connectivity index (χ1n) is 8.83. The van der Waals surface area contributed by atoms with Crippen LogP contribution in [-0.4, -0.2) is 33.1 Å². The third kappa shape index (κ3) is 3.71. The Morgan fingerprint density at radius 1 is 1.27 bits per heavy atom. The van der Waals surface area contributed by atoms with Gasteiger partial charge in [0.1, 0.15) is 11.6 Å². The van der Waals surface area contributed by atoms with Crippen molar-refractivity contribution in [3.8, 4) is 16.5 Å². The van der Waals surface area contributed by atoms with Crippen molar-refractivity contribution in [1.29, 1.82) is 0 Å². The number of piperidine rings is 1. The van der Waals surface area contributed by atoms with Crippen molar-refractivity contribution in [3.63, 3.8) is 0 Å². The second kappa shape index (κ2) is 7.43. The molecule has 1 saturated heterocycles. The summed E-state index contributed by atoms with van der Waals surface area (Å²) >= 11 is 1.57. The summed E-state index contributed by atoms with van der Waals surface area (Å²) in [5.41, 5.74) is 1.70. The number of nitrogens with one attached hydrogen (secondary N) is 1.